The summed E-state index contributed by atoms with van der Waals surface area (Å²) in [5.74, 6) is 0.562. The van der Waals surface area contributed by atoms with Crippen LogP contribution >= 0.6 is 11.6 Å². The highest BCUT2D eigenvalue weighted by Crippen LogP contribution is 2.24. The number of unbranched alkanes of at least 4 members (excludes halogenated alkanes) is 11. The Kier molecular flexibility index (Phi) is 14.0. The Hall–Kier alpha value is -2.93. The van der Waals surface area contributed by atoms with Gasteiger partial charge in [0, 0.05) is 30.5 Å². The minimum atomic E-state index is -0.152. The predicted molar refractivity (Wildman–Crippen MR) is 165 cm³/mol. The van der Waals surface area contributed by atoms with Crippen LogP contribution in [0.2, 0.25) is 5.02 Å². The standard InChI is InChI=1S/C32H46ClN5O2/c1-3-4-5-6-7-8-9-10-11-12-13-14-15-16-17-18-28(39)23-24-29(40)34-27-21-19-26(20-22-27)31-35-32-30(33)25(2)36-38(32)37-31/h10-11,19-22,36H,3-9,12-18,23-24H2,1-2H3,(H,34,40)/b11-10+. The molecule has 0 radical (unpaired) electrons. The maximum atomic E-state index is 12.3. The van der Waals surface area contributed by atoms with Crippen molar-refractivity contribution in [1.82, 2.24) is 19.8 Å². The van der Waals surface area contributed by atoms with Gasteiger partial charge in [-0.1, -0.05) is 82.0 Å². The van der Waals surface area contributed by atoms with Crippen LogP contribution in [0.25, 0.3) is 17.0 Å². The summed E-state index contributed by atoms with van der Waals surface area (Å²) in [6, 6.07) is 7.32. The summed E-state index contributed by atoms with van der Waals surface area (Å²) < 4.78 is 1.55. The van der Waals surface area contributed by atoms with Crippen LogP contribution in [-0.2, 0) is 9.59 Å². The third-order valence-corrected chi connectivity index (χ3v) is 7.63. The maximum absolute atomic E-state index is 12.3. The second-order valence-electron chi connectivity index (χ2n) is 10.7. The Morgan fingerprint density at radius 3 is 2.15 bits per heavy atom. The molecule has 0 aliphatic heterocycles. The number of aromatic nitrogens is 4. The second-order valence-corrected chi connectivity index (χ2v) is 11.1. The number of anilines is 1. The number of H-pyrrole nitrogens is 1. The number of amides is 1. The lowest BCUT2D eigenvalue weighted by Crippen LogP contribution is -2.13. The average molecular weight is 568 g/mol. The average Bonchev–Trinajstić information content (AvgIpc) is 3.48. The highest BCUT2D eigenvalue weighted by atomic mass is 35.5. The van der Waals surface area contributed by atoms with Crippen LogP contribution in [0.3, 0.4) is 0 Å². The molecule has 3 rings (SSSR count). The number of hydrogen-bond acceptors (Lipinski definition) is 4. The molecule has 0 unspecified atom stereocenters. The summed E-state index contributed by atoms with van der Waals surface area (Å²) >= 11 is 6.24. The van der Waals surface area contributed by atoms with Gasteiger partial charge in [-0.05, 0) is 63.3 Å². The lowest BCUT2D eigenvalue weighted by molar-refractivity contribution is -0.123. The van der Waals surface area contributed by atoms with Gasteiger partial charge in [0.25, 0.3) is 0 Å². The van der Waals surface area contributed by atoms with E-state index in [1.807, 2.05) is 31.2 Å². The van der Waals surface area contributed by atoms with Crippen LogP contribution in [0.5, 0.6) is 0 Å². The molecule has 0 fully saturated rings. The van der Waals surface area contributed by atoms with Crippen molar-refractivity contribution in [3.05, 3.63) is 47.1 Å². The molecule has 40 heavy (non-hydrogen) atoms. The third-order valence-electron chi connectivity index (χ3n) is 7.18. The number of aryl methyl sites for hydroxylation is 1. The molecular weight excluding hydrogens is 522 g/mol. The Labute approximate surface area is 244 Å². The van der Waals surface area contributed by atoms with E-state index in [9.17, 15) is 9.59 Å². The van der Waals surface area contributed by atoms with Gasteiger partial charge in [-0.3, -0.25) is 14.7 Å². The molecule has 7 nitrogen and oxygen atoms in total. The first-order valence-corrected chi connectivity index (χ1v) is 15.5. The zero-order valence-corrected chi connectivity index (χ0v) is 25.1. The van der Waals surface area contributed by atoms with Gasteiger partial charge < -0.3 is 5.32 Å². The summed E-state index contributed by atoms with van der Waals surface area (Å²) in [4.78, 5) is 29.0. The molecule has 0 aliphatic carbocycles. The summed E-state index contributed by atoms with van der Waals surface area (Å²) in [6.45, 7) is 4.12. The van der Waals surface area contributed by atoms with Gasteiger partial charge >= 0.3 is 0 Å². The molecular formula is C32H46ClN5O2. The first kappa shape index (κ1) is 31.6. The van der Waals surface area contributed by atoms with Crippen LogP contribution in [-0.4, -0.2) is 31.5 Å². The summed E-state index contributed by atoms with van der Waals surface area (Å²) in [5.41, 5.74) is 2.89. The van der Waals surface area contributed by atoms with E-state index in [4.69, 9.17) is 11.6 Å². The van der Waals surface area contributed by atoms with E-state index in [0.717, 1.165) is 24.1 Å². The van der Waals surface area contributed by atoms with Crippen LogP contribution < -0.4 is 5.32 Å². The number of allylic oxidation sites excluding steroid dienone is 2. The first-order valence-electron chi connectivity index (χ1n) is 15.2. The zero-order valence-electron chi connectivity index (χ0n) is 24.3. The van der Waals surface area contributed by atoms with Gasteiger partial charge in [0.2, 0.25) is 5.91 Å². The number of fused-ring (bicyclic) bond motifs is 1. The minimum Gasteiger partial charge on any atom is -0.326 e. The predicted octanol–water partition coefficient (Wildman–Crippen LogP) is 9.01. The number of hydrogen-bond donors (Lipinski definition) is 2. The Bertz CT molecular complexity index is 1210. The lowest BCUT2D eigenvalue weighted by atomic mass is 10.0. The number of carbonyl (C=O) groups is 2. The van der Waals surface area contributed by atoms with Gasteiger partial charge in [-0.25, -0.2) is 4.98 Å². The number of ketones is 1. The molecule has 1 aromatic carbocycles. The van der Waals surface area contributed by atoms with Gasteiger partial charge in [0.15, 0.2) is 11.5 Å². The normalized spacial score (nSPS) is 11.6. The van der Waals surface area contributed by atoms with Crippen molar-refractivity contribution in [2.45, 2.75) is 117 Å². The number of Topliss-reactive ketones (excluding diaryl/α,β-unsaturated/α-hetero) is 1. The van der Waals surface area contributed by atoms with Gasteiger partial charge in [-0.2, -0.15) is 4.63 Å². The molecule has 0 atom stereocenters. The molecule has 2 N–H and O–H groups in total. The van der Waals surface area contributed by atoms with Crippen LogP contribution in [0, 0.1) is 6.92 Å². The first-order chi connectivity index (χ1) is 19.5. The number of rotatable bonds is 20. The molecule has 1 amide bonds. The molecule has 0 spiro atoms. The van der Waals surface area contributed by atoms with Crippen molar-refractivity contribution in [3.8, 4) is 11.4 Å². The van der Waals surface area contributed by atoms with Crippen molar-refractivity contribution in [2.24, 2.45) is 0 Å². The molecule has 2 heterocycles. The number of nitrogens with one attached hydrogen (secondary N) is 2. The largest absolute Gasteiger partial charge is 0.326 e. The van der Waals surface area contributed by atoms with Crippen molar-refractivity contribution >= 4 is 34.6 Å². The Morgan fingerprint density at radius 2 is 1.50 bits per heavy atom. The molecule has 2 aromatic heterocycles. The molecule has 3 aromatic rings. The van der Waals surface area contributed by atoms with E-state index in [1.54, 1.807) is 4.63 Å². The highest BCUT2D eigenvalue weighted by Gasteiger charge is 2.13. The van der Waals surface area contributed by atoms with Crippen molar-refractivity contribution in [3.63, 3.8) is 0 Å². The number of benzene rings is 1. The molecule has 0 saturated carbocycles. The van der Waals surface area contributed by atoms with Crippen LogP contribution in [0.4, 0.5) is 5.69 Å². The van der Waals surface area contributed by atoms with Gasteiger partial charge in [0.1, 0.15) is 10.8 Å². The fourth-order valence-corrected chi connectivity index (χ4v) is 4.89. The lowest BCUT2D eigenvalue weighted by Gasteiger charge is -2.06. The van der Waals surface area contributed by atoms with Crippen molar-refractivity contribution < 1.29 is 9.59 Å². The molecule has 0 aliphatic rings. The molecule has 8 heteroatoms. The Balaban J connectivity index is 1.20. The zero-order chi connectivity index (χ0) is 28.6. The summed E-state index contributed by atoms with van der Waals surface area (Å²) in [5, 5.41) is 10.9. The van der Waals surface area contributed by atoms with E-state index in [-0.39, 0.29) is 24.5 Å². The highest BCUT2D eigenvalue weighted by molar-refractivity contribution is 6.34. The second kappa shape index (κ2) is 17.7. The maximum Gasteiger partial charge on any atom is 0.224 e. The molecule has 0 bridgehead atoms. The topological polar surface area (TPSA) is 92.1 Å². The van der Waals surface area contributed by atoms with Crippen LogP contribution in [0.15, 0.2) is 36.4 Å². The van der Waals surface area contributed by atoms with Crippen LogP contribution in [0.1, 0.15) is 115 Å². The summed E-state index contributed by atoms with van der Waals surface area (Å²) in [7, 11) is 0. The number of nitrogens with zero attached hydrogens (tertiary/aromatic N) is 3. The fourth-order valence-electron chi connectivity index (χ4n) is 4.73. The van der Waals surface area contributed by atoms with E-state index in [1.165, 1.54) is 70.6 Å². The van der Waals surface area contributed by atoms with Crippen molar-refractivity contribution in [2.75, 3.05) is 5.32 Å². The van der Waals surface area contributed by atoms with Gasteiger partial charge in [0.05, 0.1) is 5.69 Å². The smallest absolute Gasteiger partial charge is 0.224 e. The third kappa shape index (κ3) is 10.9. The van der Waals surface area contributed by atoms with Gasteiger partial charge in [-0.15, -0.1) is 5.10 Å². The molecule has 0 saturated heterocycles. The van der Waals surface area contributed by atoms with E-state index >= 15 is 0 Å². The van der Waals surface area contributed by atoms with E-state index < -0.39 is 0 Å². The SMILES string of the molecule is CCCCCCCC/C=C/CCCCCCCC(=O)CCC(=O)Nc1ccc(-c2nc3c(Cl)c(C)[nH]n3n2)cc1. The van der Waals surface area contributed by atoms with Crippen molar-refractivity contribution in [1.29, 1.82) is 0 Å². The number of carbonyl (C=O) groups excluding carboxylic acids is 2. The quantitative estimate of drug-likeness (QED) is 0.105. The Morgan fingerprint density at radius 1 is 0.875 bits per heavy atom. The van der Waals surface area contributed by atoms with E-state index in [0.29, 0.717) is 28.6 Å². The molecule has 218 valence electrons. The number of aromatic amines is 1. The monoisotopic (exact) mass is 567 g/mol. The van der Waals surface area contributed by atoms with E-state index in [2.05, 4.69) is 39.6 Å². The minimum absolute atomic E-state index is 0.152. The summed E-state index contributed by atoms with van der Waals surface area (Å²) in [6.07, 6.45) is 21.9. The fraction of sp³-hybridized carbons (Fsp3) is 0.562. The number of halogens is 1.